The van der Waals surface area contributed by atoms with E-state index >= 15 is 0 Å². The van der Waals surface area contributed by atoms with Gasteiger partial charge in [-0.05, 0) is 30.9 Å². The quantitative estimate of drug-likeness (QED) is 0.829. The zero-order valence-electron chi connectivity index (χ0n) is 13.7. The summed E-state index contributed by atoms with van der Waals surface area (Å²) in [6, 6.07) is 7.95. The molecule has 0 saturated carbocycles. The van der Waals surface area contributed by atoms with Gasteiger partial charge in [-0.1, -0.05) is 24.3 Å². The van der Waals surface area contributed by atoms with Crippen LogP contribution in [-0.4, -0.2) is 61.3 Å². The Morgan fingerprint density at radius 2 is 2.00 bits per heavy atom. The number of hydrogen-bond acceptors (Lipinski definition) is 4. The molecule has 23 heavy (non-hydrogen) atoms. The summed E-state index contributed by atoms with van der Waals surface area (Å²) in [5, 5.41) is 0. The van der Waals surface area contributed by atoms with Crippen LogP contribution in [-0.2, 0) is 27.6 Å². The maximum absolute atomic E-state index is 12.7. The zero-order chi connectivity index (χ0) is 16.6. The van der Waals surface area contributed by atoms with E-state index in [4.69, 9.17) is 0 Å². The van der Waals surface area contributed by atoms with E-state index in [1.807, 2.05) is 13.0 Å². The highest BCUT2D eigenvalue weighted by Gasteiger charge is 2.35. The predicted molar refractivity (Wildman–Crippen MR) is 89.8 cm³/mol. The normalized spacial score (nSPS) is 24.9. The summed E-state index contributed by atoms with van der Waals surface area (Å²) < 4.78 is 23.3. The zero-order valence-corrected chi connectivity index (χ0v) is 14.6. The van der Waals surface area contributed by atoms with E-state index in [0.29, 0.717) is 6.42 Å². The van der Waals surface area contributed by atoms with Crippen molar-refractivity contribution in [2.45, 2.75) is 38.4 Å². The van der Waals surface area contributed by atoms with Gasteiger partial charge in [0.05, 0.1) is 17.5 Å². The minimum absolute atomic E-state index is 0.0199. The molecule has 2 unspecified atom stereocenters. The number of nitrogens with zero attached hydrogens (tertiary/aromatic N) is 2. The van der Waals surface area contributed by atoms with Crippen molar-refractivity contribution in [1.29, 1.82) is 0 Å². The number of carbonyl (C=O) groups excluding carboxylic acids is 1. The average molecular weight is 336 g/mol. The van der Waals surface area contributed by atoms with Crippen molar-refractivity contribution in [2.75, 3.05) is 25.1 Å². The Morgan fingerprint density at radius 1 is 1.30 bits per heavy atom. The Hall–Kier alpha value is -1.40. The van der Waals surface area contributed by atoms with Crippen molar-refractivity contribution < 1.29 is 13.2 Å². The summed E-state index contributed by atoms with van der Waals surface area (Å²) in [6.07, 6.45) is 1.51. The molecule has 6 heteroatoms. The second-order valence-corrected chi connectivity index (χ2v) is 8.90. The van der Waals surface area contributed by atoms with E-state index < -0.39 is 9.84 Å². The number of fused-ring (bicyclic) bond motifs is 1. The largest absolute Gasteiger partial charge is 0.340 e. The molecule has 126 valence electrons. The first kappa shape index (κ1) is 16.5. The molecule has 0 aliphatic carbocycles. The molecular weight excluding hydrogens is 312 g/mol. The summed E-state index contributed by atoms with van der Waals surface area (Å²) in [5.74, 6) is 0.317. The first-order valence-corrected chi connectivity index (χ1v) is 9.97. The fourth-order valence-corrected chi connectivity index (χ4v) is 5.33. The van der Waals surface area contributed by atoms with Crippen molar-refractivity contribution in [2.24, 2.45) is 0 Å². The molecule has 1 aromatic rings. The van der Waals surface area contributed by atoms with E-state index in [0.717, 1.165) is 19.5 Å². The molecule has 1 amide bonds. The monoisotopic (exact) mass is 336 g/mol. The van der Waals surface area contributed by atoms with Crippen LogP contribution in [0.5, 0.6) is 0 Å². The number of rotatable bonds is 3. The average Bonchev–Trinajstić information content (AvgIpc) is 2.92. The number of amides is 1. The lowest BCUT2D eigenvalue weighted by molar-refractivity contribution is -0.137. The summed E-state index contributed by atoms with van der Waals surface area (Å²) in [7, 11) is -1.23. The molecule has 2 atom stereocenters. The van der Waals surface area contributed by atoms with Crippen molar-refractivity contribution >= 4 is 15.7 Å². The van der Waals surface area contributed by atoms with Crippen LogP contribution in [0.4, 0.5) is 0 Å². The van der Waals surface area contributed by atoms with Gasteiger partial charge < -0.3 is 4.90 Å². The fourth-order valence-electron chi connectivity index (χ4n) is 3.56. The van der Waals surface area contributed by atoms with Gasteiger partial charge in [0.1, 0.15) is 0 Å². The van der Waals surface area contributed by atoms with Crippen molar-refractivity contribution in [3.63, 3.8) is 0 Å². The number of sulfone groups is 1. The number of benzene rings is 1. The molecular formula is C17H24N2O3S. The highest BCUT2D eigenvalue weighted by Crippen LogP contribution is 2.22. The van der Waals surface area contributed by atoms with Crippen molar-refractivity contribution in [3.05, 3.63) is 35.4 Å². The molecule has 2 heterocycles. The van der Waals surface area contributed by atoms with Gasteiger partial charge in [-0.3, -0.25) is 9.69 Å². The van der Waals surface area contributed by atoms with Gasteiger partial charge in [-0.2, -0.15) is 0 Å². The van der Waals surface area contributed by atoms with Gasteiger partial charge in [-0.25, -0.2) is 8.42 Å². The molecule has 0 N–H and O–H groups in total. The van der Waals surface area contributed by atoms with E-state index in [1.54, 1.807) is 11.9 Å². The van der Waals surface area contributed by atoms with Crippen LogP contribution in [0.15, 0.2) is 24.3 Å². The van der Waals surface area contributed by atoms with Crippen LogP contribution < -0.4 is 0 Å². The lowest BCUT2D eigenvalue weighted by Crippen LogP contribution is -2.50. The molecule has 3 rings (SSSR count). The Balaban J connectivity index is 1.66. The van der Waals surface area contributed by atoms with Gasteiger partial charge in [0.2, 0.25) is 5.91 Å². The smallest absolute Gasteiger partial charge is 0.239 e. The van der Waals surface area contributed by atoms with Gasteiger partial charge in [0, 0.05) is 26.2 Å². The van der Waals surface area contributed by atoms with Crippen LogP contribution in [0.2, 0.25) is 0 Å². The van der Waals surface area contributed by atoms with Gasteiger partial charge in [-0.15, -0.1) is 0 Å². The lowest BCUT2D eigenvalue weighted by Gasteiger charge is -2.36. The SMILES string of the molecule is CC(C(=O)N(C)C1CCS(=O)(=O)C1)N1CCc2ccccc2C1. The summed E-state index contributed by atoms with van der Waals surface area (Å²) >= 11 is 0. The van der Waals surface area contributed by atoms with E-state index in [1.165, 1.54) is 11.1 Å². The standard InChI is InChI=1S/C17H24N2O3S/c1-13(17(20)18(2)16-8-10-23(21,22)12-16)19-9-7-14-5-3-4-6-15(14)11-19/h3-6,13,16H,7-12H2,1-2H3. The third-order valence-corrected chi connectivity index (χ3v) is 6.92. The Bertz CT molecular complexity index is 702. The predicted octanol–water partition coefficient (Wildman–Crippen LogP) is 1.08. The molecule has 1 fully saturated rings. The minimum atomic E-state index is -2.97. The number of likely N-dealkylation sites (N-methyl/N-ethyl adjacent to an activating group) is 1. The Kier molecular flexibility index (Phi) is 4.47. The maximum atomic E-state index is 12.7. The molecule has 0 radical (unpaired) electrons. The second-order valence-electron chi connectivity index (χ2n) is 6.67. The van der Waals surface area contributed by atoms with E-state index in [9.17, 15) is 13.2 Å². The molecule has 2 aliphatic rings. The van der Waals surface area contributed by atoms with Gasteiger partial charge >= 0.3 is 0 Å². The highest BCUT2D eigenvalue weighted by molar-refractivity contribution is 7.91. The molecule has 1 aromatic carbocycles. The van der Waals surface area contributed by atoms with Crippen LogP contribution in [0, 0.1) is 0 Å². The summed E-state index contributed by atoms with van der Waals surface area (Å²) in [4.78, 5) is 16.6. The number of carbonyl (C=O) groups is 1. The van der Waals surface area contributed by atoms with E-state index in [2.05, 4.69) is 23.1 Å². The summed E-state index contributed by atoms with van der Waals surface area (Å²) in [6.45, 7) is 3.57. The third-order valence-electron chi connectivity index (χ3n) is 5.17. The maximum Gasteiger partial charge on any atom is 0.239 e. The van der Waals surface area contributed by atoms with Gasteiger partial charge in [0.15, 0.2) is 9.84 Å². The molecule has 2 aliphatic heterocycles. The molecule has 1 saturated heterocycles. The topological polar surface area (TPSA) is 57.7 Å². The van der Waals surface area contributed by atoms with Crippen LogP contribution >= 0.6 is 0 Å². The molecule has 0 aromatic heterocycles. The lowest BCUT2D eigenvalue weighted by atomic mass is 9.98. The second kappa shape index (κ2) is 6.24. The van der Waals surface area contributed by atoms with Gasteiger partial charge in [0.25, 0.3) is 0 Å². The summed E-state index contributed by atoms with van der Waals surface area (Å²) in [5.41, 5.74) is 2.64. The Labute approximate surface area is 138 Å². The fraction of sp³-hybridized carbons (Fsp3) is 0.588. The van der Waals surface area contributed by atoms with Crippen LogP contribution in [0.25, 0.3) is 0 Å². The number of hydrogen-bond donors (Lipinski definition) is 0. The molecule has 0 bridgehead atoms. The molecule has 5 nitrogen and oxygen atoms in total. The Morgan fingerprint density at radius 3 is 2.65 bits per heavy atom. The first-order chi connectivity index (χ1) is 10.9. The van der Waals surface area contributed by atoms with E-state index in [-0.39, 0.29) is 29.5 Å². The van der Waals surface area contributed by atoms with Crippen molar-refractivity contribution in [3.8, 4) is 0 Å². The minimum Gasteiger partial charge on any atom is -0.340 e. The third kappa shape index (κ3) is 3.43. The molecule has 0 spiro atoms. The van der Waals surface area contributed by atoms with Crippen molar-refractivity contribution in [1.82, 2.24) is 9.80 Å². The van der Waals surface area contributed by atoms with Crippen LogP contribution in [0.1, 0.15) is 24.5 Å². The highest BCUT2D eigenvalue weighted by atomic mass is 32.2. The first-order valence-electron chi connectivity index (χ1n) is 8.15. The van der Waals surface area contributed by atoms with Crippen LogP contribution in [0.3, 0.4) is 0 Å².